The van der Waals surface area contributed by atoms with Crippen LogP contribution in [0.1, 0.15) is 19.3 Å². The number of aliphatic hydroxyl groups excluding tert-OH is 1. The molecule has 1 aromatic rings. The predicted molar refractivity (Wildman–Crippen MR) is 74.5 cm³/mol. The van der Waals surface area contributed by atoms with Gasteiger partial charge in [0.15, 0.2) is 0 Å². The Labute approximate surface area is 117 Å². The number of carbonyl (C=O) groups excluding carboxylic acids is 1. The number of likely N-dealkylation sites (N-methyl/N-ethyl adjacent to an activating group) is 1. The van der Waals surface area contributed by atoms with Crippen LogP contribution in [0.15, 0.2) is 21.9 Å². The number of hydrogen-bond acceptors (Lipinski definition) is 4. The van der Waals surface area contributed by atoms with Crippen LogP contribution in [0, 0.1) is 0 Å². The molecule has 0 saturated heterocycles. The fourth-order valence-corrected chi connectivity index (χ4v) is 1.77. The number of aromatic nitrogens is 2. The van der Waals surface area contributed by atoms with Gasteiger partial charge >= 0.3 is 5.69 Å². The molecular weight excluding hydrogens is 262 g/mol. The highest BCUT2D eigenvalue weighted by Gasteiger charge is 2.11. The first-order chi connectivity index (χ1) is 9.47. The molecule has 0 radical (unpaired) electrons. The maximum absolute atomic E-state index is 12.0. The van der Waals surface area contributed by atoms with Gasteiger partial charge in [0.25, 0.3) is 5.56 Å². The molecule has 0 saturated carbocycles. The zero-order valence-electron chi connectivity index (χ0n) is 11.9. The highest BCUT2D eigenvalue weighted by atomic mass is 16.3. The van der Waals surface area contributed by atoms with Crippen molar-refractivity contribution < 1.29 is 9.90 Å². The number of unbranched alkanes of at least 4 members (excludes halogenated alkanes) is 2. The van der Waals surface area contributed by atoms with E-state index in [1.54, 1.807) is 11.9 Å². The van der Waals surface area contributed by atoms with Gasteiger partial charge in [-0.15, -0.1) is 0 Å². The quantitative estimate of drug-likeness (QED) is 0.662. The van der Waals surface area contributed by atoms with Crippen LogP contribution in [-0.2, 0) is 18.4 Å². The maximum atomic E-state index is 12.0. The van der Waals surface area contributed by atoms with E-state index in [1.165, 1.54) is 23.9 Å². The molecule has 7 nitrogen and oxygen atoms in total. The zero-order valence-corrected chi connectivity index (χ0v) is 11.9. The first-order valence-corrected chi connectivity index (χ1v) is 6.58. The zero-order chi connectivity index (χ0) is 15.1. The van der Waals surface area contributed by atoms with E-state index in [4.69, 9.17) is 5.11 Å². The van der Waals surface area contributed by atoms with E-state index < -0.39 is 11.2 Å². The van der Waals surface area contributed by atoms with Gasteiger partial charge in [-0.1, -0.05) is 0 Å². The summed E-state index contributed by atoms with van der Waals surface area (Å²) in [5.41, 5.74) is -0.893. The summed E-state index contributed by atoms with van der Waals surface area (Å²) in [6.07, 6.45) is 3.73. The van der Waals surface area contributed by atoms with Crippen molar-refractivity contribution in [1.29, 1.82) is 0 Å². The second-order valence-corrected chi connectivity index (χ2v) is 4.72. The van der Waals surface area contributed by atoms with Crippen LogP contribution in [-0.4, -0.2) is 45.2 Å². The van der Waals surface area contributed by atoms with Crippen molar-refractivity contribution in [2.75, 3.05) is 20.2 Å². The summed E-state index contributed by atoms with van der Waals surface area (Å²) < 4.78 is 2.18. The van der Waals surface area contributed by atoms with Gasteiger partial charge in [0.2, 0.25) is 5.91 Å². The van der Waals surface area contributed by atoms with E-state index in [0.717, 1.165) is 23.8 Å². The minimum atomic E-state index is -0.500. The predicted octanol–water partition coefficient (Wildman–Crippen LogP) is -0.832. The van der Waals surface area contributed by atoms with Crippen molar-refractivity contribution in [3.05, 3.63) is 33.1 Å². The third kappa shape index (κ3) is 4.34. The van der Waals surface area contributed by atoms with Gasteiger partial charge in [0, 0.05) is 39.5 Å². The molecule has 0 aliphatic rings. The van der Waals surface area contributed by atoms with Gasteiger partial charge in [0.05, 0.1) is 0 Å². The second kappa shape index (κ2) is 7.64. The lowest BCUT2D eigenvalue weighted by Crippen LogP contribution is -2.40. The fraction of sp³-hybridized carbons (Fsp3) is 0.615. The second-order valence-electron chi connectivity index (χ2n) is 4.72. The maximum Gasteiger partial charge on any atom is 0.331 e. The number of hydrogen-bond donors (Lipinski definition) is 1. The lowest BCUT2D eigenvalue weighted by Gasteiger charge is -2.17. The molecule has 112 valence electrons. The summed E-state index contributed by atoms with van der Waals surface area (Å²) in [5, 5.41) is 8.67. The molecule has 0 fully saturated rings. The van der Waals surface area contributed by atoms with Crippen molar-refractivity contribution in [2.45, 2.75) is 25.8 Å². The van der Waals surface area contributed by atoms with Gasteiger partial charge in [-0.05, 0) is 19.3 Å². The van der Waals surface area contributed by atoms with Crippen LogP contribution < -0.4 is 11.2 Å². The van der Waals surface area contributed by atoms with Crippen molar-refractivity contribution in [3.63, 3.8) is 0 Å². The molecule has 0 aliphatic heterocycles. The van der Waals surface area contributed by atoms with Crippen LogP contribution in [0.4, 0.5) is 0 Å². The van der Waals surface area contributed by atoms with Crippen LogP contribution in [0.5, 0.6) is 0 Å². The van der Waals surface area contributed by atoms with E-state index in [1.807, 2.05) is 0 Å². The van der Waals surface area contributed by atoms with E-state index in [9.17, 15) is 14.4 Å². The monoisotopic (exact) mass is 283 g/mol. The highest BCUT2D eigenvalue weighted by Crippen LogP contribution is 1.97. The molecule has 7 heteroatoms. The molecule has 1 rings (SSSR count). The summed E-state index contributed by atoms with van der Waals surface area (Å²) in [6.45, 7) is 0.661. The molecule has 0 aliphatic carbocycles. The third-order valence-electron chi connectivity index (χ3n) is 3.14. The van der Waals surface area contributed by atoms with Crippen molar-refractivity contribution in [2.24, 2.45) is 7.05 Å². The molecule has 0 spiro atoms. The van der Waals surface area contributed by atoms with E-state index >= 15 is 0 Å². The average molecular weight is 283 g/mol. The summed E-state index contributed by atoms with van der Waals surface area (Å²) in [6, 6.07) is 1.26. The lowest BCUT2D eigenvalue weighted by atomic mass is 10.2. The van der Waals surface area contributed by atoms with Crippen LogP contribution in [0.3, 0.4) is 0 Å². The third-order valence-corrected chi connectivity index (χ3v) is 3.14. The molecule has 1 heterocycles. The van der Waals surface area contributed by atoms with E-state index in [-0.39, 0.29) is 19.1 Å². The SMILES string of the molecule is CN(CCCCCO)C(=O)Cn1ccc(=O)n(C)c1=O. The van der Waals surface area contributed by atoms with Crippen LogP contribution in [0.25, 0.3) is 0 Å². The Bertz CT molecular complexity index is 561. The largest absolute Gasteiger partial charge is 0.396 e. The van der Waals surface area contributed by atoms with Crippen LogP contribution in [0.2, 0.25) is 0 Å². The Balaban J connectivity index is 2.60. The van der Waals surface area contributed by atoms with Crippen molar-refractivity contribution in [1.82, 2.24) is 14.0 Å². The number of aliphatic hydroxyl groups is 1. The van der Waals surface area contributed by atoms with Crippen molar-refractivity contribution in [3.8, 4) is 0 Å². The molecule has 1 N–H and O–H groups in total. The summed E-state index contributed by atoms with van der Waals surface area (Å²) >= 11 is 0. The number of carbonyl (C=O) groups is 1. The lowest BCUT2D eigenvalue weighted by molar-refractivity contribution is -0.130. The Morgan fingerprint density at radius 2 is 2.00 bits per heavy atom. The summed E-state index contributed by atoms with van der Waals surface area (Å²) in [4.78, 5) is 36.5. The van der Waals surface area contributed by atoms with E-state index in [2.05, 4.69) is 0 Å². The van der Waals surface area contributed by atoms with Gasteiger partial charge in [0.1, 0.15) is 6.54 Å². The van der Waals surface area contributed by atoms with Crippen molar-refractivity contribution >= 4 is 5.91 Å². The van der Waals surface area contributed by atoms with Gasteiger partial charge in [-0.3, -0.25) is 18.7 Å². The Morgan fingerprint density at radius 1 is 1.30 bits per heavy atom. The average Bonchev–Trinajstić information content (AvgIpc) is 2.44. The first kappa shape index (κ1) is 16.2. The highest BCUT2D eigenvalue weighted by molar-refractivity contribution is 5.75. The number of amides is 1. The Hall–Kier alpha value is -1.89. The molecule has 0 aromatic carbocycles. The van der Waals surface area contributed by atoms with Gasteiger partial charge in [-0.25, -0.2) is 4.79 Å². The topological polar surface area (TPSA) is 84.5 Å². The number of nitrogens with zero attached hydrogens (tertiary/aromatic N) is 3. The summed E-state index contributed by atoms with van der Waals surface area (Å²) in [5.74, 6) is -0.185. The van der Waals surface area contributed by atoms with E-state index in [0.29, 0.717) is 6.54 Å². The molecule has 0 bridgehead atoms. The Kier molecular flexibility index (Phi) is 6.17. The van der Waals surface area contributed by atoms with Crippen LogP contribution >= 0.6 is 0 Å². The first-order valence-electron chi connectivity index (χ1n) is 6.58. The standard InChI is InChI=1S/C13H21N3O4/c1-14(7-4-3-5-9-17)12(19)10-16-8-6-11(18)15(2)13(16)20/h6,8,17H,3-5,7,9-10H2,1-2H3. The molecule has 0 unspecified atom stereocenters. The minimum Gasteiger partial charge on any atom is -0.396 e. The molecular formula is C13H21N3O4. The molecule has 1 aromatic heterocycles. The fourth-order valence-electron chi connectivity index (χ4n) is 1.77. The number of rotatable bonds is 7. The Morgan fingerprint density at radius 3 is 2.65 bits per heavy atom. The minimum absolute atomic E-state index is 0.0799. The molecule has 20 heavy (non-hydrogen) atoms. The summed E-state index contributed by atoms with van der Waals surface area (Å²) in [7, 11) is 3.05. The normalized spacial score (nSPS) is 10.6. The smallest absolute Gasteiger partial charge is 0.331 e. The molecule has 0 atom stereocenters. The van der Waals surface area contributed by atoms with Gasteiger partial charge < -0.3 is 10.0 Å². The molecule has 1 amide bonds. The van der Waals surface area contributed by atoms with Gasteiger partial charge in [-0.2, -0.15) is 0 Å².